The summed E-state index contributed by atoms with van der Waals surface area (Å²) < 4.78 is 31.3. The van der Waals surface area contributed by atoms with Gasteiger partial charge < -0.3 is 28.6 Å². The standard InChI is InChI=1S/C40H64N6O4Si3/c1-38(2,3)51(10,11)47-26-30-32(49-52(12,13)39(4,5)6)33(50-53(14,15)40(7,8)9)36(48-30)46-35-31(45-37(46)44-29-24-20-17-21-25-29)34(41-27-42-35)43-28-22-18-16-19-23-28/h16-25,27,30,32-33,36H,26H2,1-15H3,(H,44,45)(H,41,42,43)/t30-,32-,33-,36-/m1/s1. The van der Waals surface area contributed by atoms with E-state index in [9.17, 15) is 0 Å². The van der Waals surface area contributed by atoms with Gasteiger partial charge in [-0.25, -0.2) is 15.0 Å². The first-order chi connectivity index (χ1) is 24.4. The molecule has 1 saturated heterocycles. The molecule has 5 rings (SSSR count). The van der Waals surface area contributed by atoms with Gasteiger partial charge in [0.15, 0.2) is 48.2 Å². The third kappa shape index (κ3) is 8.98. The van der Waals surface area contributed by atoms with Crippen molar-refractivity contribution in [2.45, 2.75) is 141 Å². The summed E-state index contributed by atoms with van der Waals surface area (Å²) in [6.07, 6.45) is -0.331. The minimum atomic E-state index is -2.40. The Balaban J connectivity index is 1.72. The fraction of sp³-hybridized carbons (Fsp3) is 0.575. The molecule has 2 aromatic carbocycles. The lowest BCUT2D eigenvalue weighted by Crippen LogP contribution is -2.54. The monoisotopic (exact) mass is 776 g/mol. The molecule has 1 aliphatic heterocycles. The normalized spacial score (nSPS) is 20.6. The third-order valence-corrected chi connectivity index (χ3v) is 25.4. The van der Waals surface area contributed by atoms with Gasteiger partial charge in [0, 0.05) is 11.4 Å². The van der Waals surface area contributed by atoms with Gasteiger partial charge in [0.05, 0.1) is 6.61 Å². The Hall–Kier alpha value is -2.92. The molecule has 2 N–H and O–H groups in total. The van der Waals surface area contributed by atoms with Gasteiger partial charge in [-0.2, -0.15) is 0 Å². The molecular weight excluding hydrogens is 713 g/mol. The quantitative estimate of drug-likeness (QED) is 0.136. The molecule has 4 aromatic rings. The number of aromatic nitrogens is 4. The van der Waals surface area contributed by atoms with Gasteiger partial charge in [-0.05, 0) is 78.7 Å². The molecule has 0 unspecified atom stereocenters. The van der Waals surface area contributed by atoms with E-state index in [1.165, 1.54) is 0 Å². The van der Waals surface area contributed by atoms with Crippen molar-refractivity contribution in [1.29, 1.82) is 0 Å². The third-order valence-electron chi connectivity index (χ3n) is 12.0. The number of benzene rings is 2. The Morgan fingerprint density at radius 1 is 0.660 bits per heavy atom. The van der Waals surface area contributed by atoms with Crippen LogP contribution in [-0.4, -0.2) is 69.4 Å². The Kier molecular flexibility index (Phi) is 11.6. The van der Waals surface area contributed by atoms with Crippen molar-refractivity contribution in [2.24, 2.45) is 0 Å². The number of rotatable bonds is 12. The maximum atomic E-state index is 7.51. The molecule has 0 spiro atoms. The number of hydrogen-bond donors (Lipinski definition) is 2. The van der Waals surface area contributed by atoms with Gasteiger partial charge >= 0.3 is 0 Å². The molecule has 0 amide bonds. The lowest BCUT2D eigenvalue weighted by molar-refractivity contribution is -0.0460. The summed E-state index contributed by atoms with van der Waals surface area (Å²) in [6.45, 7) is 34.6. The predicted molar refractivity (Wildman–Crippen MR) is 226 cm³/mol. The van der Waals surface area contributed by atoms with E-state index in [0.717, 1.165) is 11.4 Å². The fourth-order valence-corrected chi connectivity index (χ4v) is 9.12. The summed E-state index contributed by atoms with van der Waals surface area (Å²) in [5, 5.41) is 7.00. The molecule has 3 heterocycles. The molecule has 0 bridgehead atoms. The molecule has 290 valence electrons. The summed E-state index contributed by atoms with van der Waals surface area (Å²) >= 11 is 0. The van der Waals surface area contributed by atoms with E-state index in [2.05, 4.69) is 122 Å². The smallest absolute Gasteiger partial charge is 0.212 e. The van der Waals surface area contributed by atoms with Crippen molar-refractivity contribution in [2.75, 3.05) is 17.2 Å². The number of hydrogen-bond acceptors (Lipinski definition) is 9. The zero-order chi connectivity index (χ0) is 39.2. The van der Waals surface area contributed by atoms with Crippen LogP contribution >= 0.6 is 0 Å². The largest absolute Gasteiger partial charge is 0.414 e. The van der Waals surface area contributed by atoms with Crippen LogP contribution in [0.1, 0.15) is 68.5 Å². The summed E-state index contributed by atoms with van der Waals surface area (Å²) in [4.78, 5) is 14.7. The SMILES string of the molecule is CC(C)(C)[Si](C)(C)OC[C@H]1O[C@@H](n2c(Nc3ccccc3)nc3c(Nc4ccccc4)ncnc32)[C@H](O[Si](C)(C)C(C)(C)C)[C@@H]1O[Si](C)(C)C(C)(C)C. The summed E-state index contributed by atoms with van der Waals surface area (Å²) in [7, 11) is -6.90. The second-order valence-corrected chi connectivity index (χ2v) is 33.3. The van der Waals surface area contributed by atoms with Gasteiger partial charge in [0.2, 0.25) is 5.95 Å². The van der Waals surface area contributed by atoms with Crippen molar-refractivity contribution < 1.29 is 18.0 Å². The Morgan fingerprint density at radius 2 is 1.15 bits per heavy atom. The number of anilines is 4. The van der Waals surface area contributed by atoms with Gasteiger partial charge in [0.1, 0.15) is 24.6 Å². The van der Waals surface area contributed by atoms with Crippen LogP contribution in [0.25, 0.3) is 11.2 Å². The number of ether oxygens (including phenoxy) is 1. The van der Waals surface area contributed by atoms with Crippen molar-refractivity contribution in [3.05, 3.63) is 67.0 Å². The van der Waals surface area contributed by atoms with Crippen molar-refractivity contribution >= 4 is 59.3 Å². The second kappa shape index (κ2) is 15.0. The van der Waals surface area contributed by atoms with Crippen LogP contribution < -0.4 is 10.6 Å². The number of nitrogens with zero attached hydrogens (tertiary/aromatic N) is 4. The number of fused-ring (bicyclic) bond motifs is 1. The molecule has 1 fully saturated rings. The average Bonchev–Trinajstić information content (AvgIpc) is 3.56. The highest BCUT2D eigenvalue weighted by Gasteiger charge is 2.55. The molecule has 1 aliphatic rings. The van der Waals surface area contributed by atoms with Gasteiger partial charge in [-0.15, -0.1) is 0 Å². The van der Waals surface area contributed by atoms with Crippen molar-refractivity contribution in [3.8, 4) is 0 Å². The average molecular weight is 777 g/mol. The van der Waals surface area contributed by atoms with Crippen LogP contribution in [0.3, 0.4) is 0 Å². The van der Waals surface area contributed by atoms with Crippen LogP contribution in [0.15, 0.2) is 67.0 Å². The summed E-state index contributed by atoms with van der Waals surface area (Å²) in [5.74, 6) is 1.18. The van der Waals surface area contributed by atoms with Crippen LogP contribution in [0.5, 0.6) is 0 Å². The van der Waals surface area contributed by atoms with Crippen molar-refractivity contribution in [3.63, 3.8) is 0 Å². The fourth-order valence-electron chi connectivity index (χ4n) is 5.50. The molecule has 0 radical (unpaired) electrons. The predicted octanol–water partition coefficient (Wildman–Crippen LogP) is 11.0. The maximum absolute atomic E-state index is 7.51. The van der Waals surface area contributed by atoms with E-state index in [1.54, 1.807) is 6.33 Å². The lowest BCUT2D eigenvalue weighted by atomic mass is 10.1. The lowest BCUT2D eigenvalue weighted by Gasteiger charge is -2.44. The topological polar surface area (TPSA) is 105 Å². The van der Waals surface area contributed by atoms with Crippen molar-refractivity contribution in [1.82, 2.24) is 19.5 Å². The molecule has 53 heavy (non-hydrogen) atoms. The molecular formula is C40H64N6O4Si3. The van der Waals surface area contributed by atoms with E-state index in [0.29, 0.717) is 29.5 Å². The first-order valence-electron chi connectivity index (χ1n) is 18.9. The molecule has 4 atom stereocenters. The van der Waals surface area contributed by atoms with Gasteiger partial charge in [-0.3, -0.25) is 4.57 Å². The van der Waals surface area contributed by atoms with Crippen LogP contribution in [0.2, 0.25) is 54.4 Å². The Morgan fingerprint density at radius 3 is 1.66 bits per heavy atom. The zero-order valence-corrected chi connectivity index (χ0v) is 37.8. The summed E-state index contributed by atoms with van der Waals surface area (Å²) in [5.41, 5.74) is 3.04. The van der Waals surface area contributed by atoms with E-state index >= 15 is 0 Å². The molecule has 2 aromatic heterocycles. The van der Waals surface area contributed by atoms with Gasteiger partial charge in [0.25, 0.3) is 0 Å². The highest BCUT2D eigenvalue weighted by Crippen LogP contribution is 2.48. The van der Waals surface area contributed by atoms with Gasteiger partial charge in [-0.1, -0.05) is 98.7 Å². The molecule has 10 nitrogen and oxygen atoms in total. The maximum Gasteiger partial charge on any atom is 0.212 e. The Labute approximate surface area is 321 Å². The zero-order valence-electron chi connectivity index (χ0n) is 34.8. The van der Waals surface area contributed by atoms with Crippen LogP contribution in [0, 0.1) is 0 Å². The first-order valence-corrected chi connectivity index (χ1v) is 27.7. The minimum absolute atomic E-state index is 0.0320. The number of nitrogens with one attached hydrogen (secondary N) is 2. The summed E-state index contributed by atoms with van der Waals surface area (Å²) in [6, 6.07) is 20.0. The molecule has 0 aliphatic carbocycles. The van der Waals surface area contributed by atoms with Crippen LogP contribution in [0.4, 0.5) is 23.1 Å². The van der Waals surface area contributed by atoms with E-state index in [4.69, 9.17) is 28.0 Å². The number of para-hydroxylation sites is 2. The highest BCUT2D eigenvalue weighted by atomic mass is 28.4. The molecule has 0 saturated carbocycles. The van der Waals surface area contributed by atoms with E-state index < -0.39 is 49.5 Å². The Bertz CT molecular complexity index is 1830. The highest BCUT2D eigenvalue weighted by molar-refractivity contribution is 6.75. The minimum Gasteiger partial charge on any atom is -0.414 e. The molecule has 13 heteroatoms. The number of imidazole rings is 1. The van der Waals surface area contributed by atoms with E-state index in [1.807, 2.05) is 60.7 Å². The van der Waals surface area contributed by atoms with Crippen LogP contribution in [-0.2, 0) is 18.0 Å². The second-order valence-electron chi connectivity index (χ2n) is 19.0. The first kappa shape index (κ1) is 41.2. The van der Waals surface area contributed by atoms with E-state index in [-0.39, 0.29) is 15.1 Å².